The van der Waals surface area contributed by atoms with E-state index >= 15 is 0 Å². The third-order valence-corrected chi connectivity index (χ3v) is 7.75. The van der Waals surface area contributed by atoms with Gasteiger partial charge in [0.2, 0.25) is 17.7 Å². The van der Waals surface area contributed by atoms with E-state index in [9.17, 15) is 19.2 Å². The van der Waals surface area contributed by atoms with Crippen molar-refractivity contribution in [3.63, 3.8) is 0 Å². The van der Waals surface area contributed by atoms with Crippen LogP contribution >= 0.6 is 0 Å². The van der Waals surface area contributed by atoms with Crippen molar-refractivity contribution >= 4 is 34.6 Å². The van der Waals surface area contributed by atoms with Crippen LogP contribution in [0.2, 0.25) is 0 Å². The number of aromatic carboxylic acids is 1. The summed E-state index contributed by atoms with van der Waals surface area (Å²) in [5.74, 6) is -2.59. The number of ether oxygens (including phenoxy) is 1. The lowest BCUT2D eigenvalue weighted by molar-refractivity contribution is -0.136. The Morgan fingerprint density at radius 2 is 1.58 bits per heavy atom. The molecular formula is C34H38N4O7. The Balaban J connectivity index is 1.45. The maximum atomic E-state index is 13.6. The van der Waals surface area contributed by atoms with Gasteiger partial charge in [0.15, 0.2) is 0 Å². The van der Waals surface area contributed by atoms with E-state index in [0.29, 0.717) is 25.7 Å². The normalized spacial score (nSPS) is 12.2. The first-order valence-electron chi connectivity index (χ1n) is 14.8. The second-order valence-electron chi connectivity index (χ2n) is 10.8. The van der Waals surface area contributed by atoms with Crippen molar-refractivity contribution in [3.8, 4) is 5.75 Å². The molecule has 0 aliphatic heterocycles. The van der Waals surface area contributed by atoms with E-state index in [1.165, 1.54) is 12.1 Å². The number of carbonyl (C=O) groups excluding carboxylic acids is 3. The molecule has 1 aromatic heterocycles. The van der Waals surface area contributed by atoms with E-state index in [4.69, 9.17) is 15.1 Å². The molecule has 0 bridgehead atoms. The molecule has 0 aliphatic rings. The van der Waals surface area contributed by atoms with Crippen LogP contribution in [0.1, 0.15) is 46.3 Å². The second kappa shape index (κ2) is 16.1. The molecule has 11 nitrogen and oxygen atoms in total. The summed E-state index contributed by atoms with van der Waals surface area (Å²) in [4.78, 5) is 53.5. The van der Waals surface area contributed by atoms with Gasteiger partial charge in [-0.1, -0.05) is 42.5 Å². The molecule has 0 saturated heterocycles. The molecule has 11 heteroatoms. The number of nitrogens with one attached hydrogen (secondary N) is 4. The zero-order chi connectivity index (χ0) is 32.2. The minimum Gasteiger partial charge on any atom is -0.497 e. The molecule has 0 fully saturated rings. The number of fused-ring (bicyclic) bond motifs is 1. The van der Waals surface area contributed by atoms with Gasteiger partial charge in [-0.05, 0) is 72.7 Å². The quantitative estimate of drug-likeness (QED) is 0.0824. The summed E-state index contributed by atoms with van der Waals surface area (Å²) in [6.07, 6.45) is 3.87. The summed E-state index contributed by atoms with van der Waals surface area (Å²) in [7, 11) is 1.60. The van der Waals surface area contributed by atoms with Gasteiger partial charge >= 0.3 is 5.97 Å². The topological polar surface area (TPSA) is 170 Å². The number of aryl methyl sites for hydroxylation is 1. The van der Waals surface area contributed by atoms with E-state index < -0.39 is 29.7 Å². The molecule has 4 aromatic rings. The maximum absolute atomic E-state index is 13.6. The fourth-order valence-electron chi connectivity index (χ4n) is 5.23. The van der Waals surface area contributed by atoms with E-state index in [1.807, 2.05) is 54.7 Å². The molecule has 2 atom stereocenters. The summed E-state index contributed by atoms with van der Waals surface area (Å²) in [5.41, 5.74) is 5.44. The monoisotopic (exact) mass is 614 g/mol. The Morgan fingerprint density at radius 1 is 0.889 bits per heavy atom. The average Bonchev–Trinajstić information content (AvgIpc) is 3.46. The van der Waals surface area contributed by atoms with Crippen molar-refractivity contribution < 1.29 is 34.2 Å². The van der Waals surface area contributed by atoms with Crippen LogP contribution in [-0.4, -0.2) is 58.7 Å². The highest BCUT2D eigenvalue weighted by Gasteiger charge is 2.28. The Labute approximate surface area is 260 Å². The smallest absolute Gasteiger partial charge is 0.335 e. The molecule has 0 saturated carbocycles. The molecule has 236 valence electrons. The number of hydroxylamine groups is 1. The zero-order valence-corrected chi connectivity index (χ0v) is 25.0. The van der Waals surface area contributed by atoms with Crippen molar-refractivity contribution in [1.29, 1.82) is 0 Å². The molecule has 6 N–H and O–H groups in total. The largest absolute Gasteiger partial charge is 0.497 e. The number of hydrogen-bond acceptors (Lipinski definition) is 6. The van der Waals surface area contributed by atoms with Gasteiger partial charge in [0.05, 0.1) is 12.7 Å². The number of hydrogen-bond donors (Lipinski definition) is 6. The van der Waals surface area contributed by atoms with E-state index in [0.717, 1.165) is 33.3 Å². The Bertz CT molecular complexity index is 1600. The third kappa shape index (κ3) is 9.41. The molecule has 4 rings (SSSR count). The fourth-order valence-corrected chi connectivity index (χ4v) is 5.23. The van der Waals surface area contributed by atoms with Gasteiger partial charge in [0, 0.05) is 42.4 Å². The minimum atomic E-state index is -1.01. The van der Waals surface area contributed by atoms with Crippen LogP contribution in [0.25, 0.3) is 10.9 Å². The SMILES string of the molecule is COc1ccc(CCC[C@@H](CC(=O)NO)C(=O)N[C@H](Cc2c[nH]c3ccccc23)C(=O)NCCc2ccc(C(=O)O)cc2)cc1. The number of amides is 3. The van der Waals surface area contributed by atoms with Crippen LogP contribution in [0.3, 0.4) is 0 Å². The average molecular weight is 615 g/mol. The number of carboxylic acids is 1. The lowest BCUT2D eigenvalue weighted by Crippen LogP contribution is -2.50. The molecule has 0 spiro atoms. The molecule has 45 heavy (non-hydrogen) atoms. The van der Waals surface area contributed by atoms with E-state index in [2.05, 4.69) is 15.6 Å². The second-order valence-corrected chi connectivity index (χ2v) is 10.8. The number of para-hydroxylation sites is 1. The highest BCUT2D eigenvalue weighted by molar-refractivity contribution is 5.92. The first-order valence-corrected chi connectivity index (χ1v) is 14.8. The zero-order valence-electron chi connectivity index (χ0n) is 25.0. The molecule has 0 unspecified atom stereocenters. The summed E-state index contributed by atoms with van der Waals surface area (Å²) in [6.45, 7) is 0.268. The van der Waals surface area contributed by atoms with Crippen molar-refractivity contribution in [2.45, 2.75) is 44.6 Å². The van der Waals surface area contributed by atoms with Crippen molar-refractivity contribution in [2.75, 3.05) is 13.7 Å². The Morgan fingerprint density at radius 3 is 2.27 bits per heavy atom. The highest BCUT2D eigenvalue weighted by atomic mass is 16.5. The van der Waals surface area contributed by atoms with Crippen LogP contribution in [0.5, 0.6) is 5.75 Å². The lowest BCUT2D eigenvalue weighted by Gasteiger charge is -2.22. The fraction of sp³-hybridized carbons (Fsp3) is 0.294. The van der Waals surface area contributed by atoms with Gasteiger partial charge in [-0.15, -0.1) is 0 Å². The van der Waals surface area contributed by atoms with Gasteiger partial charge in [-0.2, -0.15) is 0 Å². The molecule has 0 aliphatic carbocycles. The van der Waals surface area contributed by atoms with Crippen LogP contribution in [0.15, 0.2) is 79.0 Å². The summed E-state index contributed by atoms with van der Waals surface area (Å²) >= 11 is 0. The Kier molecular flexibility index (Phi) is 11.7. The number of carbonyl (C=O) groups is 4. The maximum Gasteiger partial charge on any atom is 0.335 e. The number of benzene rings is 3. The number of carboxylic acid groups (broad SMARTS) is 1. The Hall–Kier alpha value is -5.16. The van der Waals surface area contributed by atoms with Crippen LogP contribution < -0.4 is 20.9 Å². The standard InChI is InChI=1S/C34H38N4O7/c1-45-27-15-11-22(12-16-27)5-4-6-25(20-31(39)38-44)32(40)37-30(19-26-21-36-29-8-3-2-7-28(26)29)33(41)35-18-17-23-9-13-24(14-10-23)34(42)43/h2-3,7-16,21,25,30,36,44H,4-6,17-20H2,1H3,(H,35,41)(H,37,40)(H,38,39)(H,42,43)/t25-,30+/m0/s1. The van der Waals surface area contributed by atoms with Crippen LogP contribution in [0.4, 0.5) is 0 Å². The van der Waals surface area contributed by atoms with Gasteiger partial charge < -0.3 is 25.5 Å². The predicted molar refractivity (Wildman–Crippen MR) is 168 cm³/mol. The molecular weight excluding hydrogens is 576 g/mol. The van der Waals surface area contributed by atoms with Gasteiger partial charge in [0.25, 0.3) is 0 Å². The van der Waals surface area contributed by atoms with Crippen molar-refractivity contribution in [1.82, 2.24) is 21.1 Å². The number of aromatic nitrogens is 1. The predicted octanol–water partition coefficient (Wildman–Crippen LogP) is 3.80. The van der Waals surface area contributed by atoms with E-state index in [-0.39, 0.29) is 30.9 Å². The summed E-state index contributed by atoms with van der Waals surface area (Å²) in [5, 5.41) is 25.0. The molecule has 3 amide bonds. The molecule has 0 radical (unpaired) electrons. The van der Waals surface area contributed by atoms with Gasteiger partial charge in [0.1, 0.15) is 11.8 Å². The third-order valence-electron chi connectivity index (χ3n) is 7.75. The highest BCUT2D eigenvalue weighted by Crippen LogP contribution is 2.21. The van der Waals surface area contributed by atoms with Crippen LogP contribution in [-0.2, 0) is 33.6 Å². The van der Waals surface area contributed by atoms with E-state index in [1.54, 1.807) is 24.7 Å². The molecule has 1 heterocycles. The summed E-state index contributed by atoms with van der Waals surface area (Å²) < 4.78 is 5.20. The molecule has 3 aromatic carbocycles. The number of H-pyrrole nitrogens is 1. The van der Waals surface area contributed by atoms with Gasteiger partial charge in [-0.3, -0.25) is 19.6 Å². The van der Waals surface area contributed by atoms with Crippen LogP contribution in [0, 0.1) is 5.92 Å². The van der Waals surface area contributed by atoms with Crippen molar-refractivity contribution in [2.24, 2.45) is 5.92 Å². The minimum absolute atomic E-state index is 0.178. The first-order chi connectivity index (χ1) is 21.8. The van der Waals surface area contributed by atoms with Gasteiger partial charge in [-0.25, -0.2) is 10.3 Å². The lowest BCUT2D eigenvalue weighted by atomic mass is 9.94. The summed E-state index contributed by atoms with van der Waals surface area (Å²) in [6, 6.07) is 20.7. The number of aromatic amines is 1. The number of rotatable bonds is 16. The first kappa shape index (κ1) is 32.7. The van der Waals surface area contributed by atoms with Crippen molar-refractivity contribution in [3.05, 3.63) is 101 Å². The number of methoxy groups -OCH3 is 1.